The molecular formula is C13H12ClNO2. The first-order chi connectivity index (χ1) is 8.15. The van der Waals surface area contributed by atoms with Gasteiger partial charge >= 0.3 is 0 Å². The molecule has 0 aliphatic carbocycles. The number of carbonyl (C=O) groups excluding carboxylic acids is 1. The highest BCUT2D eigenvalue weighted by molar-refractivity contribution is 6.31. The number of hydrogen-bond donors (Lipinski definition) is 1. The van der Waals surface area contributed by atoms with E-state index in [9.17, 15) is 4.79 Å². The Kier molecular flexibility index (Phi) is 3.31. The Balaban J connectivity index is 2.69. The molecule has 0 saturated heterocycles. The predicted molar refractivity (Wildman–Crippen MR) is 68.9 cm³/mol. The Morgan fingerprint density at radius 3 is 2.71 bits per heavy atom. The molecule has 88 valence electrons. The van der Waals surface area contributed by atoms with Gasteiger partial charge in [-0.3, -0.25) is 4.79 Å². The summed E-state index contributed by atoms with van der Waals surface area (Å²) >= 11 is 5.92. The van der Waals surface area contributed by atoms with Gasteiger partial charge in [-0.15, -0.1) is 0 Å². The molecule has 0 heterocycles. The summed E-state index contributed by atoms with van der Waals surface area (Å²) in [6.45, 7) is -0.0393. The number of ketones is 1. The molecule has 2 rings (SSSR count). The van der Waals surface area contributed by atoms with Crippen molar-refractivity contribution in [2.24, 2.45) is 5.73 Å². The molecule has 0 atom stereocenters. The number of benzene rings is 2. The van der Waals surface area contributed by atoms with Crippen LogP contribution in [-0.4, -0.2) is 19.4 Å². The monoisotopic (exact) mass is 249 g/mol. The lowest BCUT2D eigenvalue weighted by molar-refractivity contribution is 0.0998. The molecule has 0 aliphatic rings. The molecule has 2 N–H and O–H groups in total. The first-order valence-corrected chi connectivity index (χ1v) is 5.54. The van der Waals surface area contributed by atoms with Crippen molar-refractivity contribution in [2.45, 2.75) is 0 Å². The van der Waals surface area contributed by atoms with Crippen LogP contribution in [0.1, 0.15) is 10.4 Å². The second-order valence-corrected chi connectivity index (χ2v) is 4.11. The second kappa shape index (κ2) is 4.73. The highest BCUT2D eigenvalue weighted by Crippen LogP contribution is 2.28. The molecule has 2 aromatic rings. The number of halogens is 1. The minimum absolute atomic E-state index is 0.0393. The van der Waals surface area contributed by atoms with Crippen LogP contribution in [0.3, 0.4) is 0 Å². The molecule has 0 aliphatic heterocycles. The summed E-state index contributed by atoms with van der Waals surface area (Å²) in [5, 5.41) is 2.50. The number of ether oxygens (including phenoxy) is 1. The summed E-state index contributed by atoms with van der Waals surface area (Å²) in [6, 6.07) is 9.07. The number of rotatable bonds is 3. The molecule has 0 aromatic heterocycles. The summed E-state index contributed by atoms with van der Waals surface area (Å²) in [6.07, 6.45) is 0. The van der Waals surface area contributed by atoms with Gasteiger partial charge in [0.15, 0.2) is 5.78 Å². The number of methoxy groups -OCH3 is 1. The molecule has 0 amide bonds. The molecule has 0 spiro atoms. The molecular weight excluding hydrogens is 238 g/mol. The molecule has 0 saturated carbocycles. The summed E-state index contributed by atoms with van der Waals surface area (Å²) in [5.74, 6) is 0.388. The zero-order chi connectivity index (χ0) is 12.4. The van der Waals surface area contributed by atoms with E-state index in [0.29, 0.717) is 16.3 Å². The van der Waals surface area contributed by atoms with Gasteiger partial charge in [-0.1, -0.05) is 17.7 Å². The van der Waals surface area contributed by atoms with Crippen molar-refractivity contribution >= 4 is 28.2 Å². The van der Waals surface area contributed by atoms with Gasteiger partial charge in [-0.05, 0) is 35.0 Å². The Bertz CT molecular complexity index is 581. The van der Waals surface area contributed by atoms with Crippen LogP contribution < -0.4 is 10.5 Å². The van der Waals surface area contributed by atoms with Crippen molar-refractivity contribution in [1.82, 2.24) is 0 Å². The van der Waals surface area contributed by atoms with E-state index in [4.69, 9.17) is 22.1 Å². The topological polar surface area (TPSA) is 52.3 Å². The molecule has 17 heavy (non-hydrogen) atoms. The van der Waals surface area contributed by atoms with Crippen LogP contribution in [0.5, 0.6) is 5.75 Å². The Labute approximate surface area is 104 Å². The molecule has 3 nitrogen and oxygen atoms in total. The quantitative estimate of drug-likeness (QED) is 0.851. The molecule has 0 unspecified atom stereocenters. The smallest absolute Gasteiger partial charge is 0.180 e. The Morgan fingerprint density at radius 1 is 1.29 bits per heavy atom. The van der Waals surface area contributed by atoms with Crippen LogP contribution in [0.15, 0.2) is 30.3 Å². The first kappa shape index (κ1) is 11.9. The molecule has 0 radical (unpaired) electrons. The van der Waals surface area contributed by atoms with Crippen LogP contribution >= 0.6 is 11.6 Å². The van der Waals surface area contributed by atoms with Gasteiger partial charge in [-0.2, -0.15) is 0 Å². The standard InChI is InChI=1S/C13H12ClNO2/c1-17-13-6-8-2-3-10(14)4-9(8)5-11(13)12(16)7-15/h2-6H,7,15H2,1H3. The highest BCUT2D eigenvalue weighted by atomic mass is 35.5. The van der Waals surface area contributed by atoms with Gasteiger partial charge in [0.1, 0.15) is 5.75 Å². The van der Waals surface area contributed by atoms with Crippen LogP contribution in [0.4, 0.5) is 0 Å². The van der Waals surface area contributed by atoms with Gasteiger partial charge in [0, 0.05) is 5.02 Å². The van der Waals surface area contributed by atoms with Crippen molar-refractivity contribution in [3.8, 4) is 5.75 Å². The fourth-order valence-corrected chi connectivity index (χ4v) is 1.92. The Morgan fingerprint density at radius 2 is 2.06 bits per heavy atom. The lowest BCUT2D eigenvalue weighted by Gasteiger charge is -2.09. The third-order valence-corrected chi connectivity index (χ3v) is 2.84. The van der Waals surface area contributed by atoms with Crippen molar-refractivity contribution < 1.29 is 9.53 Å². The van der Waals surface area contributed by atoms with E-state index in [0.717, 1.165) is 10.8 Å². The fraction of sp³-hybridized carbons (Fsp3) is 0.154. The van der Waals surface area contributed by atoms with Gasteiger partial charge < -0.3 is 10.5 Å². The third kappa shape index (κ3) is 2.25. The van der Waals surface area contributed by atoms with Gasteiger partial charge in [0.25, 0.3) is 0 Å². The maximum atomic E-state index is 11.7. The average molecular weight is 250 g/mol. The minimum atomic E-state index is -0.149. The van der Waals surface area contributed by atoms with Gasteiger partial charge in [0.05, 0.1) is 19.2 Å². The maximum Gasteiger partial charge on any atom is 0.180 e. The lowest BCUT2D eigenvalue weighted by Crippen LogP contribution is -2.14. The van der Waals surface area contributed by atoms with Gasteiger partial charge in [0.2, 0.25) is 0 Å². The SMILES string of the molecule is COc1cc2ccc(Cl)cc2cc1C(=O)CN. The van der Waals surface area contributed by atoms with E-state index in [-0.39, 0.29) is 12.3 Å². The lowest BCUT2D eigenvalue weighted by atomic mass is 10.0. The van der Waals surface area contributed by atoms with Gasteiger partial charge in [-0.25, -0.2) is 0 Å². The van der Waals surface area contributed by atoms with Crippen LogP contribution in [0, 0.1) is 0 Å². The number of fused-ring (bicyclic) bond motifs is 1. The van der Waals surface area contributed by atoms with E-state index in [2.05, 4.69) is 0 Å². The van der Waals surface area contributed by atoms with E-state index in [1.807, 2.05) is 18.2 Å². The molecule has 0 fully saturated rings. The fourth-order valence-electron chi connectivity index (χ4n) is 1.74. The number of Topliss-reactive ketones (excluding diaryl/α,β-unsaturated/α-hetero) is 1. The zero-order valence-electron chi connectivity index (χ0n) is 9.37. The van der Waals surface area contributed by atoms with Crippen molar-refractivity contribution in [1.29, 1.82) is 0 Å². The summed E-state index contributed by atoms with van der Waals surface area (Å²) in [7, 11) is 1.53. The number of nitrogens with two attached hydrogens (primary N) is 1. The Hall–Kier alpha value is -1.58. The van der Waals surface area contributed by atoms with Crippen molar-refractivity contribution in [3.05, 3.63) is 40.9 Å². The first-order valence-electron chi connectivity index (χ1n) is 5.16. The van der Waals surface area contributed by atoms with Crippen LogP contribution in [0.2, 0.25) is 5.02 Å². The van der Waals surface area contributed by atoms with E-state index >= 15 is 0 Å². The van der Waals surface area contributed by atoms with Crippen molar-refractivity contribution in [3.63, 3.8) is 0 Å². The second-order valence-electron chi connectivity index (χ2n) is 3.67. The van der Waals surface area contributed by atoms with E-state index in [1.165, 1.54) is 7.11 Å². The summed E-state index contributed by atoms with van der Waals surface area (Å²) in [5.41, 5.74) is 5.86. The molecule has 4 heteroatoms. The summed E-state index contributed by atoms with van der Waals surface area (Å²) in [4.78, 5) is 11.7. The summed E-state index contributed by atoms with van der Waals surface area (Å²) < 4.78 is 5.20. The molecule has 2 aromatic carbocycles. The third-order valence-electron chi connectivity index (χ3n) is 2.61. The predicted octanol–water partition coefficient (Wildman–Crippen LogP) is 2.64. The highest BCUT2D eigenvalue weighted by Gasteiger charge is 2.12. The number of hydrogen-bond acceptors (Lipinski definition) is 3. The van der Waals surface area contributed by atoms with Crippen LogP contribution in [-0.2, 0) is 0 Å². The molecule has 0 bridgehead atoms. The van der Waals surface area contributed by atoms with E-state index < -0.39 is 0 Å². The van der Waals surface area contributed by atoms with Crippen LogP contribution in [0.25, 0.3) is 10.8 Å². The van der Waals surface area contributed by atoms with E-state index in [1.54, 1.807) is 12.1 Å². The maximum absolute atomic E-state index is 11.7. The normalized spacial score (nSPS) is 10.5. The zero-order valence-corrected chi connectivity index (χ0v) is 10.1. The number of carbonyl (C=O) groups is 1. The van der Waals surface area contributed by atoms with Crippen molar-refractivity contribution in [2.75, 3.05) is 13.7 Å². The average Bonchev–Trinajstić information content (AvgIpc) is 2.36. The minimum Gasteiger partial charge on any atom is -0.496 e. The largest absolute Gasteiger partial charge is 0.496 e.